The SMILES string of the molecule is C=C(C)CC.CN(C)CCCNc1c(F)cc(S(N)(=O)=O)cc1C#N. The molecule has 0 heterocycles. The van der Waals surface area contributed by atoms with E-state index < -0.39 is 20.7 Å². The predicted octanol–water partition coefficient (Wildman–Crippen LogP) is 2.68. The topological polar surface area (TPSA) is 99.2 Å². The highest BCUT2D eigenvalue weighted by atomic mass is 32.2. The zero-order valence-electron chi connectivity index (χ0n) is 15.3. The maximum absolute atomic E-state index is 13.9. The zero-order valence-corrected chi connectivity index (χ0v) is 16.1. The number of nitrogens with two attached hydrogens (primary N) is 1. The van der Waals surface area contributed by atoms with Crippen LogP contribution in [0.1, 0.15) is 32.3 Å². The smallest absolute Gasteiger partial charge is 0.238 e. The molecule has 140 valence electrons. The Morgan fingerprint density at radius 2 is 2.00 bits per heavy atom. The normalized spacial score (nSPS) is 10.6. The van der Waals surface area contributed by atoms with Gasteiger partial charge in [0.15, 0.2) is 0 Å². The van der Waals surface area contributed by atoms with E-state index in [1.165, 1.54) is 5.57 Å². The van der Waals surface area contributed by atoms with Crippen LogP contribution in [-0.2, 0) is 10.0 Å². The number of allylic oxidation sites excluding steroid dienone is 1. The first-order valence-corrected chi connectivity index (χ1v) is 9.37. The Morgan fingerprint density at radius 1 is 1.44 bits per heavy atom. The molecule has 0 atom stereocenters. The largest absolute Gasteiger partial charge is 0.382 e. The number of sulfonamides is 1. The van der Waals surface area contributed by atoms with E-state index in [-0.39, 0.29) is 11.3 Å². The summed E-state index contributed by atoms with van der Waals surface area (Å²) in [6.45, 7) is 9.08. The summed E-state index contributed by atoms with van der Waals surface area (Å²) in [5.74, 6) is -0.807. The Hall–Kier alpha value is -1.95. The number of nitrogens with zero attached hydrogens (tertiary/aromatic N) is 2. The standard InChI is InChI=1S/C12H17FN4O2S.C5H10/c1-17(2)5-3-4-16-12-9(8-14)6-10(7-11(12)13)20(15,18)19;1-4-5(2)3/h6-7,16H,3-5H2,1-2H3,(H2,15,18,19);2,4H2,1,3H3. The number of hydrogen-bond donors (Lipinski definition) is 2. The van der Waals surface area contributed by atoms with Gasteiger partial charge in [-0.1, -0.05) is 12.5 Å². The van der Waals surface area contributed by atoms with Crippen LogP contribution in [0.3, 0.4) is 0 Å². The van der Waals surface area contributed by atoms with Crippen LogP contribution in [0.25, 0.3) is 0 Å². The molecule has 0 aliphatic carbocycles. The fourth-order valence-corrected chi connectivity index (χ4v) is 2.17. The fraction of sp³-hybridized carbons (Fsp3) is 0.471. The molecule has 1 aromatic rings. The molecule has 0 saturated carbocycles. The van der Waals surface area contributed by atoms with Crippen molar-refractivity contribution < 1.29 is 12.8 Å². The van der Waals surface area contributed by atoms with Crippen molar-refractivity contribution in [2.45, 2.75) is 31.6 Å². The summed E-state index contributed by atoms with van der Waals surface area (Å²) in [6.07, 6.45) is 1.87. The lowest BCUT2D eigenvalue weighted by molar-refractivity contribution is 0.405. The summed E-state index contributed by atoms with van der Waals surface area (Å²) in [7, 11) is -0.199. The molecular formula is C17H27FN4O2S. The molecular weight excluding hydrogens is 343 g/mol. The number of benzene rings is 1. The van der Waals surface area contributed by atoms with Gasteiger partial charge in [0, 0.05) is 6.54 Å². The molecule has 3 N–H and O–H groups in total. The third-order valence-electron chi connectivity index (χ3n) is 3.20. The van der Waals surface area contributed by atoms with Crippen LogP contribution in [0.2, 0.25) is 0 Å². The van der Waals surface area contributed by atoms with E-state index in [1.54, 1.807) is 6.07 Å². The Labute approximate surface area is 150 Å². The monoisotopic (exact) mass is 370 g/mol. The van der Waals surface area contributed by atoms with Crippen molar-refractivity contribution in [1.29, 1.82) is 5.26 Å². The summed E-state index contributed by atoms with van der Waals surface area (Å²) >= 11 is 0. The number of hydrogen-bond acceptors (Lipinski definition) is 5. The quantitative estimate of drug-likeness (QED) is 0.568. The minimum absolute atomic E-state index is 0.00124. The molecule has 0 bridgehead atoms. The number of halogens is 1. The van der Waals surface area contributed by atoms with Gasteiger partial charge in [0.1, 0.15) is 11.9 Å². The highest BCUT2D eigenvalue weighted by Gasteiger charge is 2.16. The van der Waals surface area contributed by atoms with Gasteiger partial charge in [0.05, 0.1) is 16.1 Å². The Balaban J connectivity index is 0.00000101. The van der Waals surface area contributed by atoms with Gasteiger partial charge < -0.3 is 10.2 Å². The van der Waals surface area contributed by atoms with Crippen molar-refractivity contribution in [1.82, 2.24) is 4.90 Å². The van der Waals surface area contributed by atoms with E-state index >= 15 is 0 Å². The predicted molar refractivity (Wildman–Crippen MR) is 99.3 cm³/mol. The van der Waals surface area contributed by atoms with Crippen LogP contribution in [0, 0.1) is 17.1 Å². The molecule has 0 aliphatic heterocycles. The van der Waals surface area contributed by atoms with Crippen molar-refractivity contribution in [3.05, 3.63) is 35.7 Å². The van der Waals surface area contributed by atoms with Crippen molar-refractivity contribution in [2.24, 2.45) is 5.14 Å². The first-order valence-electron chi connectivity index (χ1n) is 7.82. The van der Waals surface area contributed by atoms with Gasteiger partial charge in [-0.3, -0.25) is 0 Å². The zero-order chi connectivity index (χ0) is 19.6. The van der Waals surface area contributed by atoms with Crippen LogP contribution >= 0.6 is 0 Å². The molecule has 0 spiro atoms. The maximum atomic E-state index is 13.9. The van der Waals surface area contributed by atoms with E-state index in [2.05, 4.69) is 18.8 Å². The van der Waals surface area contributed by atoms with Crippen LogP contribution in [0.15, 0.2) is 29.2 Å². The van der Waals surface area contributed by atoms with E-state index in [9.17, 15) is 12.8 Å². The number of nitrogens with one attached hydrogen (secondary N) is 1. The fourth-order valence-electron chi connectivity index (χ4n) is 1.62. The summed E-state index contributed by atoms with van der Waals surface area (Å²) in [5.41, 5.74) is 1.17. The molecule has 0 saturated heterocycles. The van der Waals surface area contributed by atoms with E-state index in [0.29, 0.717) is 6.54 Å². The molecule has 0 fully saturated rings. The highest BCUT2D eigenvalue weighted by Crippen LogP contribution is 2.23. The minimum Gasteiger partial charge on any atom is -0.382 e. The number of nitriles is 1. The lowest BCUT2D eigenvalue weighted by Crippen LogP contribution is -2.17. The molecule has 8 heteroatoms. The number of primary sulfonamides is 1. The lowest BCUT2D eigenvalue weighted by atomic mass is 10.2. The van der Waals surface area contributed by atoms with E-state index in [1.807, 2.05) is 25.9 Å². The van der Waals surface area contributed by atoms with Crippen molar-refractivity contribution in [3.8, 4) is 6.07 Å². The summed E-state index contributed by atoms with van der Waals surface area (Å²) < 4.78 is 36.2. The molecule has 0 amide bonds. The maximum Gasteiger partial charge on any atom is 0.238 e. The minimum atomic E-state index is -4.04. The number of rotatable bonds is 7. The molecule has 6 nitrogen and oxygen atoms in total. The van der Waals surface area contributed by atoms with Gasteiger partial charge >= 0.3 is 0 Å². The van der Waals surface area contributed by atoms with Crippen molar-refractivity contribution in [2.75, 3.05) is 32.5 Å². The molecule has 0 aromatic heterocycles. The van der Waals surface area contributed by atoms with Gasteiger partial charge in [-0.05, 0) is 52.5 Å². The van der Waals surface area contributed by atoms with Gasteiger partial charge in [-0.25, -0.2) is 17.9 Å². The third kappa shape index (κ3) is 9.19. The Bertz CT molecular complexity index is 725. The Kier molecular flexibility index (Phi) is 9.98. The average Bonchev–Trinajstić information content (AvgIpc) is 2.51. The molecule has 1 aromatic carbocycles. The Morgan fingerprint density at radius 3 is 2.40 bits per heavy atom. The van der Waals surface area contributed by atoms with Crippen LogP contribution < -0.4 is 10.5 Å². The van der Waals surface area contributed by atoms with Crippen molar-refractivity contribution >= 4 is 15.7 Å². The first-order chi connectivity index (χ1) is 11.5. The van der Waals surface area contributed by atoms with Crippen LogP contribution in [0.4, 0.5) is 10.1 Å². The second kappa shape index (κ2) is 10.8. The van der Waals surface area contributed by atoms with Gasteiger partial charge in [0.25, 0.3) is 0 Å². The van der Waals surface area contributed by atoms with E-state index in [4.69, 9.17) is 10.4 Å². The molecule has 1 rings (SSSR count). The number of anilines is 1. The molecule has 25 heavy (non-hydrogen) atoms. The summed E-state index contributed by atoms with van der Waals surface area (Å²) in [6, 6.07) is 3.64. The van der Waals surface area contributed by atoms with Gasteiger partial charge in [-0.15, -0.1) is 6.58 Å². The second-order valence-corrected chi connectivity index (χ2v) is 7.44. The molecule has 0 aliphatic rings. The van der Waals surface area contributed by atoms with E-state index in [0.717, 1.165) is 31.5 Å². The first kappa shape index (κ1) is 23.1. The third-order valence-corrected chi connectivity index (χ3v) is 4.09. The summed E-state index contributed by atoms with van der Waals surface area (Å²) in [4.78, 5) is 1.57. The average molecular weight is 370 g/mol. The van der Waals surface area contributed by atoms with Crippen molar-refractivity contribution in [3.63, 3.8) is 0 Å². The lowest BCUT2D eigenvalue weighted by Gasteiger charge is -2.13. The molecule has 0 unspecified atom stereocenters. The van der Waals surface area contributed by atoms with Gasteiger partial charge in [-0.2, -0.15) is 5.26 Å². The van der Waals surface area contributed by atoms with Gasteiger partial charge in [0.2, 0.25) is 10.0 Å². The second-order valence-electron chi connectivity index (χ2n) is 5.88. The molecule has 0 radical (unpaired) electrons. The summed E-state index contributed by atoms with van der Waals surface area (Å²) in [5, 5.41) is 16.7. The van der Waals surface area contributed by atoms with Crippen LogP contribution in [0.5, 0.6) is 0 Å². The van der Waals surface area contributed by atoms with Crippen LogP contribution in [-0.4, -0.2) is 40.5 Å². The highest BCUT2D eigenvalue weighted by molar-refractivity contribution is 7.89.